The van der Waals surface area contributed by atoms with E-state index in [1.54, 1.807) is 7.05 Å². The van der Waals surface area contributed by atoms with Crippen molar-refractivity contribution >= 4 is 12.1 Å². The van der Waals surface area contributed by atoms with Gasteiger partial charge in [-0.3, -0.25) is 4.90 Å². The first-order valence-corrected chi connectivity index (χ1v) is 13.9. The van der Waals surface area contributed by atoms with Crippen LogP contribution in [0.15, 0.2) is 0 Å². The molecule has 0 rings (SSSR count). The molecule has 0 aromatic carbocycles. The van der Waals surface area contributed by atoms with Crippen LogP contribution in [-0.4, -0.2) is 43.3 Å². The third-order valence-electron chi connectivity index (χ3n) is 6.45. The minimum Gasteiger partial charge on any atom is -0.464 e. The van der Waals surface area contributed by atoms with E-state index >= 15 is 0 Å². The molecule has 2 unspecified atom stereocenters. The normalized spacial score (nSPS) is 13.1. The molecule has 0 saturated heterocycles. The summed E-state index contributed by atoms with van der Waals surface area (Å²) in [7, 11) is 1.66. The van der Waals surface area contributed by atoms with Crippen molar-refractivity contribution < 1.29 is 19.1 Å². The van der Waals surface area contributed by atoms with Crippen molar-refractivity contribution in [1.29, 1.82) is 0 Å². The van der Waals surface area contributed by atoms with Gasteiger partial charge in [0.25, 0.3) is 0 Å². The zero-order valence-electron chi connectivity index (χ0n) is 22.8. The van der Waals surface area contributed by atoms with Crippen LogP contribution in [-0.2, 0) is 14.3 Å². The molecule has 0 radical (unpaired) electrons. The van der Waals surface area contributed by atoms with E-state index in [0.717, 1.165) is 38.5 Å². The van der Waals surface area contributed by atoms with Crippen molar-refractivity contribution in [3.8, 4) is 0 Å². The lowest BCUT2D eigenvalue weighted by atomic mass is 10.0. The molecule has 5 nitrogen and oxygen atoms in total. The van der Waals surface area contributed by atoms with Gasteiger partial charge in [-0.25, -0.2) is 9.59 Å². The van der Waals surface area contributed by atoms with Crippen molar-refractivity contribution in [2.24, 2.45) is 11.8 Å². The van der Waals surface area contributed by atoms with Gasteiger partial charge in [-0.2, -0.15) is 0 Å². The summed E-state index contributed by atoms with van der Waals surface area (Å²) in [6, 6.07) is -0.587. The number of carbonyl (C=O) groups excluding carboxylic acids is 2. The van der Waals surface area contributed by atoms with Gasteiger partial charge >= 0.3 is 12.1 Å². The van der Waals surface area contributed by atoms with Crippen molar-refractivity contribution in [3.05, 3.63) is 0 Å². The lowest BCUT2D eigenvalue weighted by molar-refractivity contribution is -0.149. The van der Waals surface area contributed by atoms with E-state index in [0.29, 0.717) is 25.6 Å². The summed E-state index contributed by atoms with van der Waals surface area (Å²) >= 11 is 0. The fourth-order valence-electron chi connectivity index (χ4n) is 4.03. The smallest absolute Gasteiger partial charge is 0.410 e. The van der Waals surface area contributed by atoms with Crippen LogP contribution in [0.2, 0.25) is 0 Å². The molecular formula is C28H55NO4. The van der Waals surface area contributed by atoms with Gasteiger partial charge < -0.3 is 9.47 Å². The molecule has 0 bridgehead atoms. The molecular weight excluding hydrogens is 414 g/mol. The Morgan fingerprint density at radius 3 is 1.82 bits per heavy atom. The van der Waals surface area contributed by atoms with Crippen LogP contribution in [0, 0.1) is 11.8 Å². The van der Waals surface area contributed by atoms with E-state index in [1.807, 2.05) is 0 Å². The summed E-state index contributed by atoms with van der Waals surface area (Å²) in [5.41, 5.74) is 0. The number of ether oxygens (including phenoxy) is 2. The molecule has 0 aliphatic carbocycles. The topological polar surface area (TPSA) is 55.8 Å². The van der Waals surface area contributed by atoms with Crippen molar-refractivity contribution in [1.82, 2.24) is 4.90 Å². The van der Waals surface area contributed by atoms with E-state index in [2.05, 4.69) is 34.6 Å². The van der Waals surface area contributed by atoms with Crippen LogP contribution < -0.4 is 0 Å². The second-order valence-electron chi connectivity index (χ2n) is 10.1. The molecule has 0 aromatic rings. The zero-order chi connectivity index (χ0) is 24.9. The second-order valence-corrected chi connectivity index (χ2v) is 10.1. The molecule has 5 heteroatoms. The number of rotatable bonds is 21. The third-order valence-corrected chi connectivity index (χ3v) is 6.45. The summed E-state index contributed by atoms with van der Waals surface area (Å²) < 4.78 is 11.1. The van der Waals surface area contributed by atoms with Crippen molar-refractivity contribution in [2.75, 3.05) is 20.3 Å². The number of carbonyl (C=O) groups is 2. The maximum absolute atomic E-state index is 12.7. The largest absolute Gasteiger partial charge is 0.464 e. The van der Waals surface area contributed by atoms with E-state index < -0.39 is 12.1 Å². The monoisotopic (exact) mass is 469 g/mol. The first-order chi connectivity index (χ1) is 15.9. The number of hydrogen-bond acceptors (Lipinski definition) is 4. The Hall–Kier alpha value is -1.26. The van der Waals surface area contributed by atoms with Gasteiger partial charge in [-0.1, -0.05) is 112 Å². The number of esters is 1. The lowest BCUT2D eigenvalue weighted by Crippen LogP contribution is -2.44. The standard InChI is InChI=1S/C28H55NO4/c1-7-10-12-13-14-15-16-17-18-19-21-32-27(30)26(22-24(4)5)29(6)28(31)33-23-25(9-3)20-11-8-2/h24-26H,7-23H2,1-6H3. The summed E-state index contributed by atoms with van der Waals surface area (Å²) in [6.45, 7) is 11.5. The first-order valence-electron chi connectivity index (χ1n) is 13.9. The Bertz CT molecular complexity index is 481. The van der Waals surface area contributed by atoms with Gasteiger partial charge in [0.2, 0.25) is 0 Å². The van der Waals surface area contributed by atoms with E-state index in [9.17, 15) is 9.59 Å². The molecule has 0 heterocycles. The predicted octanol–water partition coefficient (Wildman–Crippen LogP) is 8.15. The number of hydrogen-bond donors (Lipinski definition) is 0. The molecule has 1 amide bonds. The SMILES string of the molecule is CCCCCCCCCCCCOC(=O)C(CC(C)C)N(C)C(=O)OCC(CC)CCCC. The average Bonchev–Trinajstić information content (AvgIpc) is 2.80. The molecule has 0 aliphatic rings. The van der Waals surface area contributed by atoms with Gasteiger partial charge in [0.15, 0.2) is 0 Å². The van der Waals surface area contributed by atoms with Crippen LogP contribution in [0.5, 0.6) is 0 Å². The van der Waals surface area contributed by atoms with Crippen LogP contribution in [0.25, 0.3) is 0 Å². The quantitative estimate of drug-likeness (QED) is 0.126. The maximum Gasteiger partial charge on any atom is 0.410 e. The fourth-order valence-corrected chi connectivity index (χ4v) is 4.03. The number of unbranched alkanes of at least 4 members (excludes halogenated alkanes) is 10. The van der Waals surface area contributed by atoms with Gasteiger partial charge in [-0.05, 0) is 31.1 Å². The minimum atomic E-state index is -0.587. The Balaban J connectivity index is 4.30. The highest BCUT2D eigenvalue weighted by atomic mass is 16.6. The minimum absolute atomic E-state index is 0.281. The Kier molecular flexibility index (Phi) is 20.5. The van der Waals surface area contributed by atoms with Crippen LogP contribution in [0.3, 0.4) is 0 Å². The Labute approximate surface area is 205 Å². The molecule has 0 spiro atoms. The maximum atomic E-state index is 12.7. The molecule has 0 aliphatic heterocycles. The van der Waals surface area contributed by atoms with Gasteiger partial charge in [0, 0.05) is 7.05 Å². The number of nitrogens with zero attached hydrogens (tertiary/aromatic N) is 1. The summed E-state index contributed by atoms with van der Waals surface area (Å²) in [5, 5.41) is 0. The molecule has 0 N–H and O–H groups in total. The highest BCUT2D eigenvalue weighted by Crippen LogP contribution is 2.17. The molecule has 196 valence electrons. The van der Waals surface area contributed by atoms with E-state index in [1.165, 1.54) is 56.3 Å². The highest BCUT2D eigenvalue weighted by Gasteiger charge is 2.30. The molecule has 0 saturated carbocycles. The first kappa shape index (κ1) is 31.7. The molecule has 2 atom stereocenters. The van der Waals surface area contributed by atoms with E-state index in [-0.39, 0.29) is 11.9 Å². The lowest BCUT2D eigenvalue weighted by Gasteiger charge is -2.28. The molecule has 0 fully saturated rings. The number of likely N-dealkylation sites (N-methyl/N-ethyl adjacent to an activating group) is 1. The summed E-state index contributed by atoms with van der Waals surface area (Å²) in [5.74, 6) is 0.356. The summed E-state index contributed by atoms with van der Waals surface area (Å²) in [4.78, 5) is 26.8. The highest BCUT2D eigenvalue weighted by molar-refractivity contribution is 5.81. The second kappa shape index (κ2) is 21.3. The number of amides is 1. The van der Waals surface area contributed by atoms with Crippen LogP contribution in [0.1, 0.15) is 131 Å². The fraction of sp³-hybridized carbons (Fsp3) is 0.929. The van der Waals surface area contributed by atoms with Crippen LogP contribution >= 0.6 is 0 Å². The summed E-state index contributed by atoms with van der Waals surface area (Å²) in [6.07, 6.45) is 17.0. The van der Waals surface area contributed by atoms with Gasteiger partial charge in [-0.15, -0.1) is 0 Å². The molecule has 33 heavy (non-hydrogen) atoms. The van der Waals surface area contributed by atoms with Gasteiger partial charge in [0.05, 0.1) is 13.2 Å². The zero-order valence-corrected chi connectivity index (χ0v) is 22.8. The Morgan fingerprint density at radius 2 is 1.30 bits per heavy atom. The molecule has 0 aromatic heterocycles. The van der Waals surface area contributed by atoms with Gasteiger partial charge in [0.1, 0.15) is 6.04 Å². The van der Waals surface area contributed by atoms with Crippen molar-refractivity contribution in [3.63, 3.8) is 0 Å². The third kappa shape index (κ3) is 16.9. The average molecular weight is 470 g/mol. The Morgan fingerprint density at radius 1 is 0.758 bits per heavy atom. The van der Waals surface area contributed by atoms with Crippen molar-refractivity contribution in [2.45, 2.75) is 137 Å². The predicted molar refractivity (Wildman–Crippen MR) is 138 cm³/mol. The van der Waals surface area contributed by atoms with E-state index in [4.69, 9.17) is 9.47 Å². The van der Waals surface area contributed by atoms with Crippen LogP contribution in [0.4, 0.5) is 4.79 Å².